The van der Waals surface area contributed by atoms with Crippen molar-refractivity contribution in [1.82, 2.24) is 9.78 Å². The largest absolute Gasteiger partial charge is 0.497 e. The van der Waals surface area contributed by atoms with Gasteiger partial charge in [-0.2, -0.15) is 5.10 Å². The van der Waals surface area contributed by atoms with E-state index >= 15 is 0 Å². The number of aromatic nitrogens is 2. The van der Waals surface area contributed by atoms with Gasteiger partial charge in [0.1, 0.15) is 28.8 Å². The van der Waals surface area contributed by atoms with E-state index in [9.17, 15) is 18.7 Å². The van der Waals surface area contributed by atoms with E-state index in [2.05, 4.69) is 10.4 Å². The molecule has 3 rings (SSSR count). The van der Waals surface area contributed by atoms with E-state index in [0.717, 1.165) is 12.1 Å². The lowest BCUT2D eigenvalue weighted by Crippen LogP contribution is -2.17. The van der Waals surface area contributed by atoms with Crippen LogP contribution in [0.15, 0.2) is 36.4 Å². The maximum absolute atomic E-state index is 13.9. The minimum absolute atomic E-state index is 0.169. The van der Waals surface area contributed by atoms with Crippen molar-refractivity contribution in [1.29, 1.82) is 0 Å². The number of aliphatic hydroxyl groups excluding tert-OH is 1. The molecule has 1 aromatic heterocycles. The second kappa shape index (κ2) is 8.27. The van der Waals surface area contributed by atoms with Crippen LogP contribution in [-0.4, -0.2) is 35.0 Å². The van der Waals surface area contributed by atoms with Crippen molar-refractivity contribution in [2.45, 2.75) is 6.61 Å². The van der Waals surface area contributed by atoms with Gasteiger partial charge in [-0.3, -0.25) is 9.48 Å². The summed E-state index contributed by atoms with van der Waals surface area (Å²) in [6.45, 7) is -0.536. The van der Waals surface area contributed by atoms with Gasteiger partial charge in [0.2, 0.25) is 0 Å². The first-order chi connectivity index (χ1) is 13.9. The van der Waals surface area contributed by atoms with Gasteiger partial charge in [0.15, 0.2) is 5.69 Å². The van der Waals surface area contributed by atoms with Crippen molar-refractivity contribution in [3.05, 3.63) is 59.3 Å². The van der Waals surface area contributed by atoms with Crippen molar-refractivity contribution in [2.24, 2.45) is 7.05 Å². The molecule has 9 heteroatoms. The van der Waals surface area contributed by atoms with Gasteiger partial charge >= 0.3 is 0 Å². The Kier molecular flexibility index (Phi) is 5.79. The lowest BCUT2D eigenvalue weighted by molar-refractivity contribution is 0.101. The maximum Gasteiger partial charge on any atom is 0.276 e. The Hall–Kier alpha value is -3.46. The number of nitrogens with zero attached hydrogens (tertiary/aromatic N) is 2. The van der Waals surface area contributed by atoms with Gasteiger partial charge in [0.05, 0.1) is 26.5 Å². The highest BCUT2D eigenvalue weighted by Crippen LogP contribution is 2.36. The molecule has 0 aliphatic heterocycles. The Morgan fingerprint density at radius 2 is 1.86 bits per heavy atom. The lowest BCUT2D eigenvalue weighted by Gasteiger charge is -2.12. The molecular weight excluding hydrogens is 384 g/mol. The average Bonchev–Trinajstić information content (AvgIpc) is 3.06. The predicted octanol–water partition coefficient (Wildman–Crippen LogP) is 3.13. The molecule has 7 nitrogen and oxygen atoms in total. The summed E-state index contributed by atoms with van der Waals surface area (Å²) in [6.07, 6.45) is 0. The quantitative estimate of drug-likeness (QED) is 0.661. The van der Waals surface area contributed by atoms with E-state index in [1.165, 1.54) is 25.0 Å². The number of anilines is 1. The Balaban J connectivity index is 2.09. The van der Waals surface area contributed by atoms with Crippen LogP contribution >= 0.6 is 0 Å². The highest BCUT2D eigenvalue weighted by molar-refractivity contribution is 6.05. The zero-order valence-electron chi connectivity index (χ0n) is 16.0. The molecule has 3 aromatic rings. The second-order valence-electron chi connectivity index (χ2n) is 6.07. The summed E-state index contributed by atoms with van der Waals surface area (Å²) < 4.78 is 39.8. The number of ether oxygens (including phenoxy) is 2. The molecule has 0 fully saturated rings. The summed E-state index contributed by atoms with van der Waals surface area (Å²) in [5, 5.41) is 16.3. The zero-order chi connectivity index (χ0) is 21.1. The Bertz CT molecular complexity index is 1050. The third kappa shape index (κ3) is 3.77. The van der Waals surface area contributed by atoms with Gasteiger partial charge in [0, 0.05) is 18.2 Å². The average molecular weight is 403 g/mol. The standard InChI is InChI=1S/C20H19F2N3O4/c1-25-19(12-9-11(28-2)7-8-16(12)29-3)13(10-26)17(24-25)20(27)23-18-14(21)5-4-6-15(18)22/h4-9,26H,10H2,1-3H3,(H,23,27). The molecule has 0 radical (unpaired) electrons. The summed E-state index contributed by atoms with van der Waals surface area (Å²) in [4.78, 5) is 12.7. The minimum atomic E-state index is -0.922. The fraction of sp³-hybridized carbons (Fsp3) is 0.200. The van der Waals surface area contributed by atoms with Crippen LogP contribution in [0.5, 0.6) is 11.5 Å². The molecule has 0 spiro atoms. The molecule has 2 N–H and O–H groups in total. The number of rotatable bonds is 6. The number of benzene rings is 2. The van der Waals surface area contributed by atoms with Gasteiger partial charge < -0.3 is 19.9 Å². The molecule has 0 atom stereocenters. The maximum atomic E-state index is 13.9. The smallest absolute Gasteiger partial charge is 0.276 e. The summed E-state index contributed by atoms with van der Waals surface area (Å²) in [5.41, 5.74) is 0.350. The van der Waals surface area contributed by atoms with Gasteiger partial charge in [0.25, 0.3) is 5.91 Å². The minimum Gasteiger partial charge on any atom is -0.497 e. The molecule has 2 aromatic carbocycles. The Labute approximate surface area is 165 Å². The molecule has 29 heavy (non-hydrogen) atoms. The van der Waals surface area contributed by atoms with Crippen molar-refractivity contribution in [2.75, 3.05) is 19.5 Å². The number of halogens is 2. The van der Waals surface area contributed by atoms with Crippen LogP contribution in [0.2, 0.25) is 0 Å². The number of para-hydroxylation sites is 1. The highest BCUT2D eigenvalue weighted by atomic mass is 19.1. The van der Waals surface area contributed by atoms with E-state index in [1.807, 2.05) is 0 Å². The first kappa shape index (κ1) is 20.3. The molecule has 0 aliphatic rings. The van der Waals surface area contributed by atoms with Crippen LogP contribution in [0.4, 0.5) is 14.5 Å². The fourth-order valence-electron chi connectivity index (χ4n) is 3.03. The molecule has 152 valence electrons. The zero-order valence-corrected chi connectivity index (χ0v) is 16.0. The first-order valence-electron chi connectivity index (χ1n) is 8.55. The molecule has 1 amide bonds. The predicted molar refractivity (Wildman–Crippen MR) is 102 cm³/mol. The number of nitrogens with one attached hydrogen (secondary N) is 1. The molecule has 1 heterocycles. The lowest BCUT2D eigenvalue weighted by atomic mass is 10.0. The van der Waals surface area contributed by atoms with Gasteiger partial charge in [-0.25, -0.2) is 8.78 Å². The molecule has 0 unspecified atom stereocenters. The van der Waals surface area contributed by atoms with Gasteiger partial charge in [-0.1, -0.05) is 6.07 Å². The molecule has 0 bridgehead atoms. The number of amides is 1. The van der Waals surface area contributed by atoms with E-state index in [4.69, 9.17) is 9.47 Å². The monoisotopic (exact) mass is 403 g/mol. The molecule has 0 saturated carbocycles. The van der Waals surface area contributed by atoms with E-state index in [-0.39, 0.29) is 11.3 Å². The summed E-state index contributed by atoms with van der Waals surface area (Å²) >= 11 is 0. The number of carbonyl (C=O) groups excluding carboxylic acids is 1. The van der Waals surface area contributed by atoms with Crippen molar-refractivity contribution < 1.29 is 28.2 Å². The number of aliphatic hydroxyl groups is 1. The highest BCUT2D eigenvalue weighted by Gasteiger charge is 2.25. The topological polar surface area (TPSA) is 85.6 Å². The number of methoxy groups -OCH3 is 2. The van der Waals surface area contributed by atoms with Gasteiger partial charge in [-0.15, -0.1) is 0 Å². The van der Waals surface area contributed by atoms with Crippen LogP contribution in [0.3, 0.4) is 0 Å². The summed E-state index contributed by atoms with van der Waals surface area (Å²) in [7, 11) is 4.56. The van der Waals surface area contributed by atoms with E-state index in [1.54, 1.807) is 25.2 Å². The number of aryl methyl sites for hydroxylation is 1. The Morgan fingerprint density at radius 1 is 1.17 bits per heavy atom. The van der Waals surface area contributed by atoms with Gasteiger partial charge in [-0.05, 0) is 30.3 Å². The fourth-order valence-corrected chi connectivity index (χ4v) is 3.03. The third-order valence-electron chi connectivity index (χ3n) is 4.38. The van der Waals surface area contributed by atoms with Crippen molar-refractivity contribution >= 4 is 11.6 Å². The van der Waals surface area contributed by atoms with Crippen LogP contribution < -0.4 is 14.8 Å². The van der Waals surface area contributed by atoms with Crippen LogP contribution in [0.25, 0.3) is 11.3 Å². The van der Waals surface area contributed by atoms with E-state index < -0.39 is 29.8 Å². The van der Waals surface area contributed by atoms with E-state index in [0.29, 0.717) is 22.8 Å². The molecule has 0 saturated heterocycles. The summed E-state index contributed by atoms with van der Waals surface area (Å²) in [6, 6.07) is 8.29. The Morgan fingerprint density at radius 3 is 2.45 bits per heavy atom. The van der Waals surface area contributed by atoms with Crippen molar-refractivity contribution in [3.8, 4) is 22.8 Å². The number of hydrogen-bond acceptors (Lipinski definition) is 5. The number of hydrogen-bond donors (Lipinski definition) is 2. The first-order valence-corrected chi connectivity index (χ1v) is 8.55. The van der Waals surface area contributed by atoms with Crippen LogP contribution in [-0.2, 0) is 13.7 Å². The second-order valence-corrected chi connectivity index (χ2v) is 6.07. The molecular formula is C20H19F2N3O4. The van der Waals surface area contributed by atoms with Crippen LogP contribution in [0, 0.1) is 11.6 Å². The van der Waals surface area contributed by atoms with Crippen molar-refractivity contribution in [3.63, 3.8) is 0 Å². The SMILES string of the molecule is COc1ccc(OC)c(-c2c(CO)c(C(=O)Nc3c(F)cccc3F)nn2C)c1. The third-order valence-corrected chi connectivity index (χ3v) is 4.38. The van der Waals surface area contributed by atoms with Crippen LogP contribution in [0.1, 0.15) is 16.1 Å². The summed E-state index contributed by atoms with van der Waals surface area (Å²) in [5.74, 6) is -1.70. The normalized spacial score (nSPS) is 10.7. The molecule has 0 aliphatic carbocycles. The number of carbonyl (C=O) groups is 1.